The van der Waals surface area contributed by atoms with Gasteiger partial charge in [-0.05, 0) is 69.5 Å². The van der Waals surface area contributed by atoms with Gasteiger partial charge in [-0.25, -0.2) is 9.97 Å². The van der Waals surface area contributed by atoms with Crippen molar-refractivity contribution >= 4 is 62.2 Å². The zero-order valence-corrected chi connectivity index (χ0v) is 30.3. The van der Waals surface area contributed by atoms with Crippen molar-refractivity contribution in [3.8, 4) is 50.7 Å². The Bertz CT molecular complexity index is 3060. The predicted molar refractivity (Wildman–Crippen MR) is 222 cm³/mol. The normalized spacial score (nSPS) is 13.2. The molecule has 0 amide bonds. The van der Waals surface area contributed by atoms with Gasteiger partial charge in [0.15, 0.2) is 5.82 Å². The van der Waals surface area contributed by atoms with E-state index in [1.54, 1.807) is 0 Å². The van der Waals surface area contributed by atoms with Crippen LogP contribution in [0.1, 0.15) is 0 Å². The molecule has 250 valence electrons. The van der Waals surface area contributed by atoms with Crippen LogP contribution in [-0.4, -0.2) is 22.6 Å². The van der Waals surface area contributed by atoms with Gasteiger partial charge < -0.3 is 8.98 Å². The summed E-state index contributed by atoms with van der Waals surface area (Å²) in [4.78, 5) is 10.9. The molecular formula is C48H33N3OSi. The van der Waals surface area contributed by atoms with Crippen LogP contribution in [0.5, 0.6) is 0 Å². The van der Waals surface area contributed by atoms with E-state index >= 15 is 0 Å². The molecule has 7 aromatic carbocycles. The van der Waals surface area contributed by atoms with Crippen LogP contribution in [0.15, 0.2) is 168 Å². The standard InChI is InChI=1S/C48H33N3OSi/c1-53(2)43-27-10-6-21-38(43)44-47(53)45(39-23-13-22-37-36-20-5-9-26-42(36)52-46(37)39)50-48(49-44)32-16-11-14-30(28-32)31-15-12-17-33(29-31)51-40-24-7-3-18-34(40)35-19-4-8-25-41(35)51/h3-29H,1-2H3. The van der Waals surface area contributed by atoms with Gasteiger partial charge in [-0.3, -0.25) is 0 Å². The molecule has 0 spiro atoms. The molecule has 4 nitrogen and oxygen atoms in total. The van der Waals surface area contributed by atoms with E-state index in [0.29, 0.717) is 5.82 Å². The maximum Gasteiger partial charge on any atom is 0.160 e. The average Bonchev–Trinajstić information content (AvgIpc) is 3.84. The molecule has 0 fully saturated rings. The third-order valence-electron chi connectivity index (χ3n) is 11.2. The molecule has 0 bridgehead atoms. The fourth-order valence-electron chi connectivity index (χ4n) is 8.74. The number of aromatic nitrogens is 3. The number of hydrogen-bond donors (Lipinski definition) is 0. The van der Waals surface area contributed by atoms with Crippen molar-refractivity contribution in [2.24, 2.45) is 0 Å². The molecule has 0 aliphatic carbocycles. The Labute approximate surface area is 307 Å². The number of benzene rings is 7. The summed E-state index contributed by atoms with van der Waals surface area (Å²) in [7, 11) is -2.16. The van der Waals surface area contributed by atoms with E-state index in [9.17, 15) is 0 Å². The lowest BCUT2D eigenvalue weighted by Gasteiger charge is -2.21. The quantitative estimate of drug-likeness (QED) is 0.172. The number of nitrogens with zero attached hydrogens (tertiary/aromatic N) is 3. The highest BCUT2D eigenvalue weighted by Gasteiger charge is 2.42. The highest BCUT2D eigenvalue weighted by molar-refractivity contribution is 7.04. The second kappa shape index (κ2) is 11.2. The fraction of sp³-hybridized carbons (Fsp3) is 0.0417. The Kier molecular flexibility index (Phi) is 6.37. The Balaban J connectivity index is 1.10. The Morgan fingerprint density at radius 1 is 0.491 bits per heavy atom. The smallest absolute Gasteiger partial charge is 0.160 e. The van der Waals surface area contributed by atoms with Gasteiger partial charge in [-0.1, -0.05) is 134 Å². The Hall–Kier alpha value is -6.56. The first-order chi connectivity index (χ1) is 26.0. The highest BCUT2D eigenvalue weighted by atomic mass is 28.3. The van der Waals surface area contributed by atoms with Crippen molar-refractivity contribution in [1.82, 2.24) is 14.5 Å². The molecule has 1 aliphatic heterocycles. The molecule has 1 aliphatic rings. The van der Waals surface area contributed by atoms with Gasteiger partial charge in [0.1, 0.15) is 19.2 Å². The molecule has 0 radical (unpaired) electrons. The first kappa shape index (κ1) is 30.1. The van der Waals surface area contributed by atoms with Gasteiger partial charge in [-0.2, -0.15) is 0 Å². The molecule has 4 heterocycles. The lowest BCUT2D eigenvalue weighted by molar-refractivity contribution is 0.670. The van der Waals surface area contributed by atoms with Gasteiger partial charge in [-0.15, -0.1) is 0 Å². The average molecular weight is 696 g/mol. The van der Waals surface area contributed by atoms with E-state index in [-0.39, 0.29) is 0 Å². The van der Waals surface area contributed by atoms with E-state index < -0.39 is 8.07 Å². The zero-order chi connectivity index (χ0) is 35.3. The monoisotopic (exact) mass is 695 g/mol. The van der Waals surface area contributed by atoms with Crippen LogP contribution in [0, 0.1) is 0 Å². The summed E-state index contributed by atoms with van der Waals surface area (Å²) in [6.45, 7) is 4.85. The van der Waals surface area contributed by atoms with Gasteiger partial charge >= 0.3 is 0 Å². The van der Waals surface area contributed by atoms with Crippen molar-refractivity contribution in [3.05, 3.63) is 164 Å². The molecule has 10 aromatic rings. The van der Waals surface area contributed by atoms with E-state index in [1.165, 1.54) is 37.7 Å². The third-order valence-corrected chi connectivity index (χ3v) is 14.7. The molecule has 0 saturated carbocycles. The van der Waals surface area contributed by atoms with Crippen LogP contribution < -0.4 is 10.4 Å². The lowest BCUT2D eigenvalue weighted by Crippen LogP contribution is -2.50. The largest absolute Gasteiger partial charge is 0.455 e. The minimum atomic E-state index is -2.16. The van der Waals surface area contributed by atoms with Crippen LogP contribution in [-0.2, 0) is 0 Å². The van der Waals surface area contributed by atoms with Crippen molar-refractivity contribution in [1.29, 1.82) is 0 Å². The summed E-state index contributed by atoms with van der Waals surface area (Å²) < 4.78 is 8.98. The summed E-state index contributed by atoms with van der Waals surface area (Å²) >= 11 is 0. The third kappa shape index (κ3) is 4.41. The van der Waals surface area contributed by atoms with E-state index in [4.69, 9.17) is 14.4 Å². The second-order valence-corrected chi connectivity index (χ2v) is 18.9. The van der Waals surface area contributed by atoms with Crippen LogP contribution in [0.4, 0.5) is 0 Å². The van der Waals surface area contributed by atoms with Crippen LogP contribution in [0.25, 0.3) is 94.5 Å². The maximum atomic E-state index is 6.61. The van der Waals surface area contributed by atoms with E-state index in [1.807, 2.05) is 12.1 Å². The predicted octanol–water partition coefficient (Wildman–Crippen LogP) is 11.3. The van der Waals surface area contributed by atoms with Crippen molar-refractivity contribution < 1.29 is 4.42 Å². The van der Waals surface area contributed by atoms with Crippen molar-refractivity contribution in [3.63, 3.8) is 0 Å². The SMILES string of the molecule is C[Si]1(C)c2ccccc2-c2nc(-c3cccc(-c4cccc(-n5c6ccccc6c6ccccc65)c4)c3)nc(-c3cccc4c3oc3ccccc34)c21. The maximum absolute atomic E-state index is 6.61. The van der Waals surface area contributed by atoms with Gasteiger partial charge in [0, 0.05) is 38.4 Å². The number of furan rings is 1. The Morgan fingerprint density at radius 2 is 1.06 bits per heavy atom. The fourth-order valence-corrected chi connectivity index (χ4v) is 12.0. The molecular weight excluding hydrogens is 663 g/mol. The molecule has 3 aromatic heterocycles. The Morgan fingerprint density at radius 3 is 1.85 bits per heavy atom. The topological polar surface area (TPSA) is 43.9 Å². The molecule has 5 heteroatoms. The lowest BCUT2D eigenvalue weighted by atomic mass is 10.0. The number of rotatable bonds is 4. The van der Waals surface area contributed by atoms with Crippen molar-refractivity contribution in [2.45, 2.75) is 13.1 Å². The number of para-hydroxylation sites is 4. The number of fused-ring (bicyclic) bond motifs is 9. The summed E-state index contributed by atoms with van der Waals surface area (Å²) in [5, 5.41) is 7.40. The minimum absolute atomic E-state index is 0.716. The summed E-state index contributed by atoms with van der Waals surface area (Å²) in [5.74, 6) is 0.716. The first-order valence-corrected chi connectivity index (χ1v) is 21.2. The molecule has 0 saturated heterocycles. The molecule has 11 rings (SSSR count). The highest BCUT2D eigenvalue weighted by Crippen LogP contribution is 2.40. The van der Waals surface area contributed by atoms with Crippen LogP contribution >= 0.6 is 0 Å². The van der Waals surface area contributed by atoms with E-state index in [2.05, 4.69) is 169 Å². The van der Waals surface area contributed by atoms with Gasteiger partial charge in [0.2, 0.25) is 0 Å². The molecule has 0 atom stereocenters. The second-order valence-electron chi connectivity index (χ2n) is 14.6. The van der Waals surface area contributed by atoms with Crippen LogP contribution in [0.3, 0.4) is 0 Å². The zero-order valence-electron chi connectivity index (χ0n) is 29.3. The minimum Gasteiger partial charge on any atom is -0.455 e. The number of hydrogen-bond acceptors (Lipinski definition) is 3. The summed E-state index contributed by atoms with van der Waals surface area (Å²) in [5.41, 5.74) is 12.8. The van der Waals surface area contributed by atoms with Gasteiger partial charge in [0.25, 0.3) is 0 Å². The molecule has 53 heavy (non-hydrogen) atoms. The summed E-state index contributed by atoms with van der Waals surface area (Å²) in [6, 6.07) is 58.4. The van der Waals surface area contributed by atoms with Crippen molar-refractivity contribution in [2.75, 3.05) is 0 Å². The summed E-state index contributed by atoms with van der Waals surface area (Å²) in [6.07, 6.45) is 0. The van der Waals surface area contributed by atoms with Crippen LogP contribution in [0.2, 0.25) is 13.1 Å². The molecule has 0 unspecified atom stereocenters. The first-order valence-electron chi connectivity index (χ1n) is 18.2. The van der Waals surface area contributed by atoms with E-state index in [0.717, 1.165) is 61.3 Å². The van der Waals surface area contributed by atoms with Gasteiger partial charge in [0.05, 0.1) is 22.4 Å². The molecule has 0 N–H and O–H groups in total.